The van der Waals surface area contributed by atoms with E-state index in [1.807, 2.05) is 48.5 Å². The lowest BCUT2D eigenvalue weighted by atomic mass is 10.1. The third kappa shape index (κ3) is 6.11. The minimum Gasteiger partial charge on any atom is -0.373 e. The molecule has 2 N–H and O–H groups in total. The predicted molar refractivity (Wildman–Crippen MR) is 113 cm³/mol. The van der Waals surface area contributed by atoms with Gasteiger partial charge in [0.05, 0.1) is 22.8 Å². The Bertz CT molecular complexity index is 788. The van der Waals surface area contributed by atoms with E-state index in [1.54, 1.807) is 0 Å². The van der Waals surface area contributed by atoms with Crippen molar-refractivity contribution < 1.29 is 9.53 Å². The molecule has 0 unspecified atom stereocenters. The number of benzene rings is 2. The summed E-state index contributed by atoms with van der Waals surface area (Å²) in [5, 5.41) is 6.88. The third-order valence-corrected chi connectivity index (χ3v) is 5.53. The molecule has 1 aliphatic rings. The quantitative estimate of drug-likeness (QED) is 0.738. The topological polar surface area (TPSA) is 53.6 Å². The van der Waals surface area contributed by atoms with Gasteiger partial charge >= 0.3 is 6.03 Å². The number of halogens is 2. The van der Waals surface area contributed by atoms with Crippen LogP contribution >= 0.6 is 23.2 Å². The maximum atomic E-state index is 12.0. The van der Waals surface area contributed by atoms with Crippen LogP contribution in [-0.2, 0) is 17.8 Å². The summed E-state index contributed by atoms with van der Waals surface area (Å²) in [6, 6.07) is 15.6. The fourth-order valence-corrected chi connectivity index (χ4v) is 3.46. The highest BCUT2D eigenvalue weighted by molar-refractivity contribution is 6.42. The number of amides is 2. The van der Waals surface area contributed by atoms with Crippen LogP contribution in [0.1, 0.15) is 18.1 Å². The number of nitrogens with one attached hydrogen (secondary N) is 2. The van der Waals surface area contributed by atoms with Crippen molar-refractivity contribution in [2.24, 2.45) is 0 Å². The van der Waals surface area contributed by atoms with Crippen molar-refractivity contribution in [3.8, 4) is 0 Å². The van der Waals surface area contributed by atoms with E-state index >= 15 is 0 Å². The molecule has 0 aliphatic carbocycles. The lowest BCUT2D eigenvalue weighted by molar-refractivity contribution is -0.0588. The zero-order chi connectivity index (χ0) is 19.9. The van der Waals surface area contributed by atoms with Gasteiger partial charge in [0.1, 0.15) is 0 Å². The Morgan fingerprint density at radius 2 is 1.89 bits per heavy atom. The van der Waals surface area contributed by atoms with Crippen LogP contribution in [0.3, 0.4) is 0 Å². The number of morpholine rings is 1. The van der Waals surface area contributed by atoms with Crippen molar-refractivity contribution in [2.75, 3.05) is 19.7 Å². The van der Waals surface area contributed by atoms with Crippen LogP contribution in [0.2, 0.25) is 10.0 Å². The summed E-state index contributed by atoms with van der Waals surface area (Å²) in [4.78, 5) is 14.4. The second-order valence-corrected chi connectivity index (χ2v) is 7.85. The van der Waals surface area contributed by atoms with Gasteiger partial charge in [0.25, 0.3) is 0 Å². The Hall–Kier alpha value is -1.79. The minimum absolute atomic E-state index is 0.0542. The molecule has 1 heterocycles. The number of carbonyl (C=O) groups is 1. The lowest BCUT2D eigenvalue weighted by Crippen LogP contribution is -2.52. The van der Waals surface area contributed by atoms with Crippen LogP contribution < -0.4 is 10.6 Å². The van der Waals surface area contributed by atoms with Gasteiger partial charge < -0.3 is 15.4 Å². The monoisotopic (exact) mass is 421 g/mol. The number of ether oxygens (including phenoxy) is 1. The summed E-state index contributed by atoms with van der Waals surface area (Å²) < 4.78 is 5.88. The number of nitrogens with zero attached hydrogens (tertiary/aromatic N) is 1. The van der Waals surface area contributed by atoms with E-state index in [9.17, 15) is 4.79 Å². The first-order chi connectivity index (χ1) is 13.5. The van der Waals surface area contributed by atoms with Gasteiger partial charge in [0.2, 0.25) is 0 Å². The van der Waals surface area contributed by atoms with Crippen molar-refractivity contribution >= 4 is 29.2 Å². The van der Waals surface area contributed by atoms with Gasteiger partial charge in [-0.3, -0.25) is 4.90 Å². The van der Waals surface area contributed by atoms with Crippen molar-refractivity contribution in [3.05, 3.63) is 69.7 Å². The van der Waals surface area contributed by atoms with Gasteiger partial charge in [-0.1, -0.05) is 59.6 Å². The Balaban J connectivity index is 1.45. The van der Waals surface area contributed by atoms with Crippen molar-refractivity contribution in [1.82, 2.24) is 15.5 Å². The maximum absolute atomic E-state index is 12.0. The molecular formula is C21H25Cl2N3O2. The zero-order valence-corrected chi connectivity index (χ0v) is 17.3. The van der Waals surface area contributed by atoms with E-state index in [4.69, 9.17) is 27.9 Å². The number of urea groups is 1. The highest BCUT2D eigenvalue weighted by Gasteiger charge is 2.26. The van der Waals surface area contributed by atoms with Gasteiger partial charge in [-0.2, -0.15) is 0 Å². The normalized spacial score (nSPS) is 20.0. The molecule has 2 amide bonds. The Morgan fingerprint density at radius 1 is 1.11 bits per heavy atom. The molecule has 0 saturated carbocycles. The zero-order valence-electron chi connectivity index (χ0n) is 15.8. The van der Waals surface area contributed by atoms with E-state index in [0.717, 1.165) is 24.2 Å². The number of carbonyl (C=O) groups excluding carboxylic acids is 1. The van der Waals surface area contributed by atoms with Crippen LogP contribution in [-0.4, -0.2) is 42.8 Å². The summed E-state index contributed by atoms with van der Waals surface area (Å²) >= 11 is 12.1. The highest BCUT2D eigenvalue weighted by Crippen LogP contribution is 2.24. The fourth-order valence-electron chi connectivity index (χ4n) is 3.14. The van der Waals surface area contributed by atoms with E-state index < -0.39 is 0 Å². The first-order valence-electron chi connectivity index (χ1n) is 9.36. The molecule has 0 spiro atoms. The molecule has 150 valence electrons. The maximum Gasteiger partial charge on any atom is 0.315 e. The summed E-state index contributed by atoms with van der Waals surface area (Å²) in [5.74, 6) is 0. The minimum atomic E-state index is -0.192. The Labute approximate surface area is 176 Å². The molecule has 28 heavy (non-hydrogen) atoms. The predicted octanol–water partition coefficient (Wildman–Crippen LogP) is 4.08. The summed E-state index contributed by atoms with van der Waals surface area (Å²) in [5.41, 5.74) is 2.17. The standard InChI is InChI=1S/C21H25Cl2N3O2/c1-15-14-28-18(11-25-21(27)24-10-16-5-3-2-4-6-16)13-26(15)12-17-7-8-19(22)20(23)9-17/h2-9,15,18H,10-14H2,1H3,(H2,24,25,27)/t15-,18+/m0/s1. The van der Waals surface area contributed by atoms with Gasteiger partial charge in [-0.15, -0.1) is 0 Å². The molecule has 2 aromatic carbocycles. The largest absolute Gasteiger partial charge is 0.373 e. The molecule has 0 aromatic heterocycles. The average Bonchev–Trinajstić information content (AvgIpc) is 2.70. The molecule has 1 fully saturated rings. The summed E-state index contributed by atoms with van der Waals surface area (Å²) in [6.45, 7) is 5.22. The molecule has 0 radical (unpaired) electrons. The van der Waals surface area contributed by atoms with Crippen LogP contribution in [0.5, 0.6) is 0 Å². The average molecular weight is 422 g/mol. The van der Waals surface area contributed by atoms with Crippen LogP contribution in [0.4, 0.5) is 4.79 Å². The van der Waals surface area contributed by atoms with E-state index in [0.29, 0.717) is 29.7 Å². The molecule has 1 aliphatic heterocycles. The highest BCUT2D eigenvalue weighted by atomic mass is 35.5. The molecular weight excluding hydrogens is 397 g/mol. The molecule has 2 atom stereocenters. The first kappa shape index (κ1) is 20.9. The Kier molecular flexibility index (Phi) is 7.57. The van der Waals surface area contributed by atoms with E-state index in [2.05, 4.69) is 22.5 Å². The summed E-state index contributed by atoms with van der Waals surface area (Å²) in [6.07, 6.45) is -0.0542. The van der Waals surface area contributed by atoms with Crippen LogP contribution in [0, 0.1) is 0 Å². The van der Waals surface area contributed by atoms with Gasteiger partial charge in [-0.25, -0.2) is 4.79 Å². The smallest absolute Gasteiger partial charge is 0.315 e. The molecule has 3 rings (SSSR count). The van der Waals surface area contributed by atoms with Gasteiger partial charge in [-0.05, 0) is 30.2 Å². The van der Waals surface area contributed by atoms with Crippen molar-refractivity contribution in [1.29, 1.82) is 0 Å². The van der Waals surface area contributed by atoms with Gasteiger partial charge in [0, 0.05) is 32.2 Å². The van der Waals surface area contributed by atoms with E-state index in [-0.39, 0.29) is 18.2 Å². The molecule has 1 saturated heterocycles. The third-order valence-electron chi connectivity index (χ3n) is 4.79. The fraction of sp³-hybridized carbons (Fsp3) is 0.381. The number of rotatable bonds is 6. The number of hydrogen-bond acceptors (Lipinski definition) is 3. The molecule has 0 bridgehead atoms. The van der Waals surface area contributed by atoms with Crippen molar-refractivity contribution in [2.45, 2.75) is 32.2 Å². The first-order valence-corrected chi connectivity index (χ1v) is 10.1. The second kappa shape index (κ2) is 10.1. The SMILES string of the molecule is C[C@H]1CO[C@H](CNC(=O)NCc2ccccc2)CN1Cc1ccc(Cl)c(Cl)c1. The molecule has 2 aromatic rings. The van der Waals surface area contributed by atoms with E-state index in [1.165, 1.54) is 0 Å². The molecule has 5 nitrogen and oxygen atoms in total. The second-order valence-electron chi connectivity index (χ2n) is 7.03. The van der Waals surface area contributed by atoms with Crippen LogP contribution in [0.25, 0.3) is 0 Å². The van der Waals surface area contributed by atoms with Gasteiger partial charge in [0.15, 0.2) is 0 Å². The van der Waals surface area contributed by atoms with Crippen molar-refractivity contribution in [3.63, 3.8) is 0 Å². The number of hydrogen-bond donors (Lipinski definition) is 2. The lowest BCUT2D eigenvalue weighted by Gasteiger charge is -2.38. The summed E-state index contributed by atoms with van der Waals surface area (Å²) in [7, 11) is 0. The van der Waals surface area contributed by atoms with Crippen LogP contribution in [0.15, 0.2) is 48.5 Å². The molecule has 7 heteroatoms. The Morgan fingerprint density at radius 3 is 2.64 bits per heavy atom.